The largest absolute Gasteiger partial charge is 0.507 e. The van der Waals surface area contributed by atoms with E-state index in [2.05, 4.69) is 0 Å². The molecule has 0 aliphatic rings. The second kappa shape index (κ2) is 6.75. The maximum atomic E-state index is 10.2. The van der Waals surface area contributed by atoms with E-state index in [4.69, 9.17) is 0 Å². The third-order valence-electron chi connectivity index (χ3n) is 3.55. The molecule has 0 saturated carbocycles. The van der Waals surface area contributed by atoms with E-state index < -0.39 is 5.60 Å². The zero-order valence-corrected chi connectivity index (χ0v) is 13.3. The summed E-state index contributed by atoms with van der Waals surface area (Å²) >= 11 is 0. The van der Waals surface area contributed by atoms with Gasteiger partial charge in [0, 0.05) is 5.56 Å². The molecule has 2 aromatic rings. The summed E-state index contributed by atoms with van der Waals surface area (Å²) in [4.78, 5) is 0. The Balaban J connectivity index is 2.25. The Morgan fingerprint density at radius 3 is 2.22 bits per heavy atom. The Labute approximate surface area is 136 Å². The number of hydrogen-bond acceptors (Lipinski definition) is 4. The lowest BCUT2D eigenvalue weighted by atomic mass is 9.99. The lowest BCUT2D eigenvalue weighted by Crippen LogP contribution is -2.13. The molecule has 0 aliphatic heterocycles. The fourth-order valence-corrected chi connectivity index (χ4v) is 2.28. The lowest BCUT2D eigenvalue weighted by molar-refractivity contribution is 0.134. The second-order valence-corrected chi connectivity index (χ2v) is 6.14. The van der Waals surface area contributed by atoms with Crippen LogP contribution in [0.1, 0.15) is 30.5 Å². The normalized spacial score (nSPS) is 12.0. The fourth-order valence-electron chi connectivity index (χ4n) is 2.28. The number of hydrogen-bond donors (Lipinski definition) is 4. The van der Waals surface area contributed by atoms with E-state index in [0.29, 0.717) is 18.4 Å². The average Bonchev–Trinajstić information content (AvgIpc) is 2.49. The van der Waals surface area contributed by atoms with Crippen molar-refractivity contribution in [2.75, 3.05) is 0 Å². The summed E-state index contributed by atoms with van der Waals surface area (Å²) in [6.45, 7) is 3.15. The van der Waals surface area contributed by atoms with E-state index in [1.165, 1.54) is 18.2 Å². The molecule has 0 aromatic heterocycles. The minimum atomic E-state index is -1.08. The van der Waals surface area contributed by atoms with Crippen LogP contribution in [0.25, 0.3) is 6.08 Å². The van der Waals surface area contributed by atoms with Crippen LogP contribution in [-0.4, -0.2) is 26.0 Å². The summed E-state index contributed by atoms with van der Waals surface area (Å²) in [6, 6.07) is 11.2. The number of aliphatic hydroxyl groups is 1. The zero-order chi connectivity index (χ0) is 17.0. The first-order valence-electron chi connectivity index (χ1n) is 7.50. The summed E-state index contributed by atoms with van der Waals surface area (Å²) in [5.41, 5.74) is 0.592. The van der Waals surface area contributed by atoms with E-state index in [-0.39, 0.29) is 22.8 Å². The Kier molecular flexibility index (Phi) is 4.96. The standard InChI is InChI=1S/C19H22O4/c1-19(2,23)11-10-15-16(20)12-14(17(21)18(15)22)9-8-13-6-4-3-5-7-13/h3-7,10-12,20-23H,8-9H2,1-2H3. The SMILES string of the molecule is CC(C)(O)C=Cc1c(O)cc(CCc2ccccc2)c(O)c1O. The Bertz CT molecular complexity index is 698. The maximum Gasteiger partial charge on any atom is 0.168 e. The Morgan fingerprint density at radius 1 is 0.957 bits per heavy atom. The summed E-state index contributed by atoms with van der Waals surface area (Å²) in [6.07, 6.45) is 4.01. The molecule has 0 aliphatic carbocycles. The van der Waals surface area contributed by atoms with E-state index in [1.807, 2.05) is 30.3 Å². The maximum absolute atomic E-state index is 10.2. The number of aromatic hydroxyl groups is 3. The molecule has 23 heavy (non-hydrogen) atoms. The van der Waals surface area contributed by atoms with Crippen molar-refractivity contribution in [2.45, 2.75) is 32.3 Å². The molecule has 0 radical (unpaired) electrons. The van der Waals surface area contributed by atoms with Crippen LogP contribution in [0.4, 0.5) is 0 Å². The van der Waals surface area contributed by atoms with Gasteiger partial charge in [-0.1, -0.05) is 36.4 Å². The van der Waals surface area contributed by atoms with Gasteiger partial charge in [0.05, 0.1) is 11.2 Å². The van der Waals surface area contributed by atoms with Crippen LogP contribution in [0, 0.1) is 0 Å². The first-order chi connectivity index (χ1) is 10.8. The molecule has 0 unspecified atom stereocenters. The van der Waals surface area contributed by atoms with Crippen LogP contribution in [0.15, 0.2) is 42.5 Å². The van der Waals surface area contributed by atoms with Crippen molar-refractivity contribution in [3.63, 3.8) is 0 Å². The monoisotopic (exact) mass is 314 g/mol. The molecule has 0 bridgehead atoms. The molecular formula is C19H22O4. The van der Waals surface area contributed by atoms with Crippen LogP contribution >= 0.6 is 0 Å². The van der Waals surface area contributed by atoms with Crippen LogP contribution in [0.3, 0.4) is 0 Å². The number of rotatable bonds is 5. The van der Waals surface area contributed by atoms with E-state index >= 15 is 0 Å². The highest BCUT2D eigenvalue weighted by Gasteiger charge is 2.16. The third-order valence-corrected chi connectivity index (χ3v) is 3.55. The minimum absolute atomic E-state index is 0.0908. The van der Waals surface area contributed by atoms with Crippen LogP contribution in [-0.2, 0) is 12.8 Å². The highest BCUT2D eigenvalue weighted by molar-refractivity contribution is 5.69. The van der Waals surface area contributed by atoms with Crippen LogP contribution in [0.2, 0.25) is 0 Å². The first-order valence-corrected chi connectivity index (χ1v) is 7.50. The van der Waals surface area contributed by atoms with Crippen molar-refractivity contribution in [3.8, 4) is 17.2 Å². The van der Waals surface area contributed by atoms with Gasteiger partial charge >= 0.3 is 0 Å². The van der Waals surface area contributed by atoms with Gasteiger partial charge in [0.2, 0.25) is 0 Å². The molecule has 4 nitrogen and oxygen atoms in total. The molecule has 2 rings (SSSR count). The summed E-state index contributed by atoms with van der Waals surface area (Å²) in [5, 5.41) is 40.0. The predicted octanol–water partition coefficient (Wildman–Crippen LogP) is 3.37. The smallest absolute Gasteiger partial charge is 0.168 e. The highest BCUT2D eigenvalue weighted by atomic mass is 16.3. The number of benzene rings is 2. The number of phenolic OH excluding ortho intramolecular Hbond substituents is 3. The predicted molar refractivity (Wildman–Crippen MR) is 90.6 cm³/mol. The molecular weight excluding hydrogens is 292 g/mol. The van der Waals surface area contributed by atoms with Crippen LogP contribution in [0.5, 0.6) is 17.2 Å². The molecule has 0 spiro atoms. The van der Waals surface area contributed by atoms with Gasteiger partial charge < -0.3 is 20.4 Å². The van der Waals surface area contributed by atoms with Crippen molar-refractivity contribution in [1.29, 1.82) is 0 Å². The van der Waals surface area contributed by atoms with E-state index in [1.54, 1.807) is 13.8 Å². The zero-order valence-electron chi connectivity index (χ0n) is 13.3. The number of phenols is 3. The third kappa shape index (κ3) is 4.50. The fraction of sp³-hybridized carbons (Fsp3) is 0.263. The molecule has 2 aromatic carbocycles. The van der Waals surface area contributed by atoms with Crippen molar-refractivity contribution in [3.05, 3.63) is 59.2 Å². The highest BCUT2D eigenvalue weighted by Crippen LogP contribution is 2.40. The molecule has 122 valence electrons. The van der Waals surface area contributed by atoms with Gasteiger partial charge in [-0.05, 0) is 44.4 Å². The molecule has 0 fully saturated rings. The molecule has 0 atom stereocenters. The quantitative estimate of drug-likeness (QED) is 0.504. The van der Waals surface area contributed by atoms with Crippen molar-refractivity contribution < 1.29 is 20.4 Å². The molecule has 0 amide bonds. The topological polar surface area (TPSA) is 80.9 Å². The van der Waals surface area contributed by atoms with E-state index in [0.717, 1.165) is 5.56 Å². The summed E-state index contributed by atoms with van der Waals surface area (Å²) in [5.74, 6) is -0.758. The summed E-state index contributed by atoms with van der Waals surface area (Å²) in [7, 11) is 0. The molecule has 4 N–H and O–H groups in total. The first kappa shape index (κ1) is 16.9. The number of aryl methyl sites for hydroxylation is 2. The Morgan fingerprint density at radius 2 is 1.61 bits per heavy atom. The molecule has 0 heterocycles. The van der Waals surface area contributed by atoms with E-state index in [9.17, 15) is 20.4 Å². The van der Waals surface area contributed by atoms with Gasteiger partial charge in [0.15, 0.2) is 11.5 Å². The molecule has 4 heteroatoms. The summed E-state index contributed by atoms with van der Waals surface area (Å²) < 4.78 is 0. The lowest BCUT2D eigenvalue weighted by Gasteiger charge is -2.13. The second-order valence-electron chi connectivity index (χ2n) is 6.14. The Hall–Kier alpha value is -2.46. The van der Waals surface area contributed by atoms with Crippen molar-refractivity contribution in [2.24, 2.45) is 0 Å². The van der Waals surface area contributed by atoms with Gasteiger partial charge in [-0.3, -0.25) is 0 Å². The van der Waals surface area contributed by atoms with Gasteiger partial charge in [-0.25, -0.2) is 0 Å². The average molecular weight is 314 g/mol. The van der Waals surface area contributed by atoms with Crippen molar-refractivity contribution >= 4 is 6.08 Å². The van der Waals surface area contributed by atoms with Gasteiger partial charge in [-0.15, -0.1) is 0 Å². The molecule has 0 saturated heterocycles. The van der Waals surface area contributed by atoms with Gasteiger partial charge in [0.1, 0.15) is 5.75 Å². The van der Waals surface area contributed by atoms with Crippen molar-refractivity contribution in [1.82, 2.24) is 0 Å². The van der Waals surface area contributed by atoms with Crippen LogP contribution < -0.4 is 0 Å². The van der Waals surface area contributed by atoms with Gasteiger partial charge in [-0.2, -0.15) is 0 Å². The minimum Gasteiger partial charge on any atom is -0.507 e. The van der Waals surface area contributed by atoms with Gasteiger partial charge in [0.25, 0.3) is 0 Å².